The number of ether oxygens (including phenoxy) is 2. The maximum atomic E-state index is 5.40. The van der Waals surface area contributed by atoms with E-state index in [4.69, 9.17) is 15.2 Å². The van der Waals surface area contributed by atoms with E-state index >= 15 is 0 Å². The molecule has 0 spiro atoms. The molecule has 3 N–H and O–H groups in total. The molecule has 0 aliphatic rings. The third-order valence-electron chi connectivity index (χ3n) is 1.93. The van der Waals surface area contributed by atoms with E-state index in [0.717, 1.165) is 39.1 Å². The molecule has 0 radical (unpaired) electrons. The standard InChI is InChI=1S/C11H26N2O2/c1-2-6-13-7-4-9-15-11-10-14-8-3-5-12/h13H,2-12H2,1H3. The molecule has 4 nitrogen and oxygen atoms in total. The first-order valence-electron chi connectivity index (χ1n) is 5.98. The maximum absolute atomic E-state index is 5.40. The van der Waals surface area contributed by atoms with E-state index in [0.29, 0.717) is 19.8 Å². The fourth-order valence-corrected chi connectivity index (χ4v) is 1.11. The van der Waals surface area contributed by atoms with Crippen LogP contribution in [0, 0.1) is 0 Å². The first-order valence-corrected chi connectivity index (χ1v) is 5.98. The highest BCUT2D eigenvalue weighted by molar-refractivity contribution is 4.45. The van der Waals surface area contributed by atoms with Crippen molar-refractivity contribution in [2.75, 3.05) is 46.1 Å². The summed E-state index contributed by atoms with van der Waals surface area (Å²) in [6.45, 7) is 7.95. The highest BCUT2D eigenvalue weighted by Gasteiger charge is 1.90. The Morgan fingerprint density at radius 1 is 0.933 bits per heavy atom. The van der Waals surface area contributed by atoms with Crippen molar-refractivity contribution in [3.05, 3.63) is 0 Å². The Kier molecular flexibility index (Phi) is 13.7. The third-order valence-corrected chi connectivity index (χ3v) is 1.93. The van der Waals surface area contributed by atoms with Crippen LogP contribution in [0.25, 0.3) is 0 Å². The van der Waals surface area contributed by atoms with Crippen molar-refractivity contribution < 1.29 is 9.47 Å². The van der Waals surface area contributed by atoms with E-state index in [9.17, 15) is 0 Å². The van der Waals surface area contributed by atoms with Gasteiger partial charge in [-0.3, -0.25) is 0 Å². The fraction of sp³-hybridized carbons (Fsp3) is 1.00. The highest BCUT2D eigenvalue weighted by Crippen LogP contribution is 1.84. The molecule has 0 fully saturated rings. The van der Waals surface area contributed by atoms with Crippen LogP contribution in [0.4, 0.5) is 0 Å². The van der Waals surface area contributed by atoms with Gasteiger partial charge in [-0.2, -0.15) is 0 Å². The van der Waals surface area contributed by atoms with E-state index < -0.39 is 0 Å². The van der Waals surface area contributed by atoms with Crippen molar-refractivity contribution >= 4 is 0 Å². The molecular weight excluding hydrogens is 192 g/mol. The minimum atomic E-state index is 0.683. The van der Waals surface area contributed by atoms with E-state index in [2.05, 4.69) is 12.2 Å². The number of rotatable bonds is 12. The Morgan fingerprint density at radius 2 is 1.60 bits per heavy atom. The molecule has 15 heavy (non-hydrogen) atoms. The van der Waals surface area contributed by atoms with Crippen LogP contribution in [0.15, 0.2) is 0 Å². The molecule has 0 aliphatic carbocycles. The lowest BCUT2D eigenvalue weighted by Crippen LogP contribution is -2.18. The van der Waals surface area contributed by atoms with Gasteiger partial charge in [-0.1, -0.05) is 6.92 Å². The normalized spacial score (nSPS) is 10.8. The summed E-state index contributed by atoms with van der Waals surface area (Å²) >= 11 is 0. The SMILES string of the molecule is CCCNCCCOCCOCCCN. The first-order chi connectivity index (χ1) is 7.41. The summed E-state index contributed by atoms with van der Waals surface area (Å²) in [4.78, 5) is 0. The Hall–Kier alpha value is -0.160. The van der Waals surface area contributed by atoms with Gasteiger partial charge in [0.1, 0.15) is 0 Å². The van der Waals surface area contributed by atoms with Crippen LogP contribution in [-0.4, -0.2) is 46.1 Å². The molecule has 0 aromatic carbocycles. The van der Waals surface area contributed by atoms with Crippen LogP contribution in [0.3, 0.4) is 0 Å². The molecule has 0 heterocycles. The Bertz CT molecular complexity index is 101. The zero-order valence-electron chi connectivity index (χ0n) is 9.96. The lowest BCUT2D eigenvalue weighted by molar-refractivity contribution is 0.0467. The zero-order valence-corrected chi connectivity index (χ0v) is 9.96. The molecule has 92 valence electrons. The summed E-state index contributed by atoms with van der Waals surface area (Å²) < 4.78 is 10.7. The summed E-state index contributed by atoms with van der Waals surface area (Å²) in [6, 6.07) is 0. The smallest absolute Gasteiger partial charge is 0.0700 e. The largest absolute Gasteiger partial charge is 0.379 e. The maximum Gasteiger partial charge on any atom is 0.0700 e. The summed E-state index contributed by atoms with van der Waals surface area (Å²) in [7, 11) is 0. The predicted molar refractivity (Wildman–Crippen MR) is 63.1 cm³/mol. The van der Waals surface area contributed by atoms with Gasteiger partial charge in [0.2, 0.25) is 0 Å². The molecule has 0 saturated heterocycles. The average Bonchev–Trinajstić information content (AvgIpc) is 2.26. The van der Waals surface area contributed by atoms with Crippen molar-refractivity contribution in [1.82, 2.24) is 5.32 Å². The summed E-state index contributed by atoms with van der Waals surface area (Å²) in [5.41, 5.74) is 5.33. The molecule has 0 amide bonds. The van der Waals surface area contributed by atoms with Crippen molar-refractivity contribution in [3.63, 3.8) is 0 Å². The lowest BCUT2D eigenvalue weighted by atomic mass is 10.4. The second kappa shape index (κ2) is 13.8. The van der Waals surface area contributed by atoms with Crippen LogP contribution in [0.2, 0.25) is 0 Å². The van der Waals surface area contributed by atoms with Crippen LogP contribution >= 0.6 is 0 Å². The first kappa shape index (κ1) is 14.8. The average molecular weight is 218 g/mol. The van der Waals surface area contributed by atoms with Crippen LogP contribution in [0.1, 0.15) is 26.2 Å². The lowest BCUT2D eigenvalue weighted by Gasteiger charge is -2.05. The quantitative estimate of drug-likeness (QED) is 0.475. The van der Waals surface area contributed by atoms with E-state index in [1.807, 2.05) is 0 Å². The van der Waals surface area contributed by atoms with Crippen molar-refractivity contribution in [2.24, 2.45) is 5.73 Å². The van der Waals surface area contributed by atoms with Crippen LogP contribution in [0.5, 0.6) is 0 Å². The Labute approximate surface area is 93.5 Å². The Morgan fingerprint density at radius 3 is 2.20 bits per heavy atom. The summed E-state index contributed by atoms with van der Waals surface area (Å²) in [5.74, 6) is 0. The van der Waals surface area contributed by atoms with Gasteiger partial charge in [0.05, 0.1) is 13.2 Å². The monoisotopic (exact) mass is 218 g/mol. The second-order valence-corrected chi connectivity index (χ2v) is 3.47. The minimum Gasteiger partial charge on any atom is -0.379 e. The number of hydrogen-bond acceptors (Lipinski definition) is 4. The molecule has 0 rings (SSSR count). The molecule has 0 bridgehead atoms. The minimum absolute atomic E-state index is 0.683. The van der Waals surface area contributed by atoms with Crippen molar-refractivity contribution in [1.29, 1.82) is 0 Å². The van der Waals surface area contributed by atoms with E-state index in [1.54, 1.807) is 0 Å². The third kappa shape index (κ3) is 13.8. The predicted octanol–water partition coefficient (Wildman–Crippen LogP) is 0.758. The summed E-state index contributed by atoms with van der Waals surface area (Å²) in [5, 5.41) is 3.33. The zero-order chi connectivity index (χ0) is 11.2. The molecule has 0 aromatic rings. The Balaban J connectivity index is 2.81. The highest BCUT2D eigenvalue weighted by atomic mass is 16.5. The molecular formula is C11H26N2O2. The molecule has 0 atom stereocenters. The van der Waals surface area contributed by atoms with Gasteiger partial charge in [-0.25, -0.2) is 0 Å². The summed E-state index contributed by atoms with van der Waals surface area (Å²) in [6.07, 6.45) is 3.19. The number of hydrogen-bond donors (Lipinski definition) is 2. The van der Waals surface area contributed by atoms with Gasteiger partial charge >= 0.3 is 0 Å². The molecule has 0 saturated carbocycles. The number of nitrogens with two attached hydrogens (primary N) is 1. The topological polar surface area (TPSA) is 56.5 Å². The number of nitrogens with one attached hydrogen (secondary N) is 1. The van der Waals surface area contributed by atoms with Crippen LogP contribution in [-0.2, 0) is 9.47 Å². The van der Waals surface area contributed by atoms with Gasteiger partial charge in [0, 0.05) is 13.2 Å². The van der Waals surface area contributed by atoms with Gasteiger partial charge in [-0.15, -0.1) is 0 Å². The molecule has 0 aliphatic heterocycles. The second-order valence-electron chi connectivity index (χ2n) is 3.47. The fourth-order valence-electron chi connectivity index (χ4n) is 1.11. The van der Waals surface area contributed by atoms with Gasteiger partial charge in [-0.05, 0) is 38.9 Å². The molecule has 0 unspecified atom stereocenters. The van der Waals surface area contributed by atoms with E-state index in [1.165, 1.54) is 6.42 Å². The molecule has 0 aromatic heterocycles. The van der Waals surface area contributed by atoms with Gasteiger partial charge in [0.25, 0.3) is 0 Å². The van der Waals surface area contributed by atoms with E-state index in [-0.39, 0.29) is 0 Å². The van der Waals surface area contributed by atoms with Gasteiger partial charge in [0.15, 0.2) is 0 Å². The van der Waals surface area contributed by atoms with Gasteiger partial charge < -0.3 is 20.5 Å². The van der Waals surface area contributed by atoms with Crippen molar-refractivity contribution in [3.8, 4) is 0 Å². The molecule has 4 heteroatoms. The van der Waals surface area contributed by atoms with Crippen molar-refractivity contribution in [2.45, 2.75) is 26.2 Å². The van der Waals surface area contributed by atoms with Crippen LogP contribution < -0.4 is 11.1 Å².